The normalized spacial score (nSPS) is 11.1. The van der Waals surface area contributed by atoms with E-state index in [9.17, 15) is 0 Å². The Morgan fingerprint density at radius 2 is 1.80 bits per heavy atom. The number of nitrogens with one attached hydrogen (secondary N) is 1. The van der Waals surface area contributed by atoms with Crippen LogP contribution < -0.4 is 11.1 Å². The molecule has 1 heterocycles. The van der Waals surface area contributed by atoms with Gasteiger partial charge in [-0.25, -0.2) is 9.97 Å². The predicted molar refractivity (Wildman–Crippen MR) is 84.3 cm³/mol. The number of nitrogens with zero attached hydrogens (tertiary/aromatic N) is 2. The van der Waals surface area contributed by atoms with E-state index in [1.807, 2.05) is 6.07 Å². The minimum Gasteiger partial charge on any atom is -0.383 e. The summed E-state index contributed by atoms with van der Waals surface area (Å²) in [6.45, 7) is 8.54. The molecule has 0 saturated heterocycles. The Morgan fingerprint density at radius 3 is 2.45 bits per heavy atom. The molecule has 0 radical (unpaired) electrons. The molecule has 0 aliphatic heterocycles. The number of rotatable bonds is 4. The van der Waals surface area contributed by atoms with Crippen molar-refractivity contribution in [2.45, 2.75) is 39.5 Å². The highest BCUT2D eigenvalue weighted by Crippen LogP contribution is 2.29. The average Bonchev–Trinajstić information content (AvgIpc) is 2.38. The fourth-order valence-corrected chi connectivity index (χ4v) is 2.19. The molecular weight excluding hydrogens is 248 g/mol. The quantitative estimate of drug-likeness (QED) is 0.879. The van der Waals surface area contributed by atoms with Crippen molar-refractivity contribution in [2.24, 2.45) is 0 Å². The molecule has 0 amide bonds. The summed E-state index contributed by atoms with van der Waals surface area (Å²) in [6.07, 6.45) is 1.50. The lowest BCUT2D eigenvalue weighted by Gasteiger charge is -2.15. The van der Waals surface area contributed by atoms with E-state index in [0.29, 0.717) is 11.7 Å². The molecular formula is C16H22N4. The van der Waals surface area contributed by atoms with Gasteiger partial charge < -0.3 is 11.1 Å². The minimum absolute atomic E-state index is 0.270. The van der Waals surface area contributed by atoms with Gasteiger partial charge in [0.25, 0.3) is 0 Å². The second-order valence-electron chi connectivity index (χ2n) is 5.58. The molecule has 106 valence electrons. The number of benzene rings is 1. The molecule has 0 saturated carbocycles. The van der Waals surface area contributed by atoms with Gasteiger partial charge in [-0.2, -0.15) is 0 Å². The van der Waals surface area contributed by atoms with Crippen LogP contribution in [0.3, 0.4) is 0 Å². The van der Waals surface area contributed by atoms with E-state index in [1.54, 1.807) is 0 Å². The highest BCUT2D eigenvalue weighted by molar-refractivity contribution is 5.65. The Labute approximate surface area is 120 Å². The van der Waals surface area contributed by atoms with E-state index < -0.39 is 0 Å². The van der Waals surface area contributed by atoms with Crippen LogP contribution in [0.2, 0.25) is 0 Å². The van der Waals surface area contributed by atoms with Crippen molar-refractivity contribution >= 4 is 17.3 Å². The van der Waals surface area contributed by atoms with Crippen molar-refractivity contribution < 1.29 is 0 Å². The molecule has 0 unspecified atom stereocenters. The first kappa shape index (κ1) is 14.3. The highest BCUT2D eigenvalue weighted by Gasteiger charge is 2.13. The number of anilines is 3. The third-order valence-electron chi connectivity index (χ3n) is 3.31. The van der Waals surface area contributed by atoms with Crippen molar-refractivity contribution in [1.82, 2.24) is 9.97 Å². The Kier molecular flexibility index (Phi) is 4.23. The van der Waals surface area contributed by atoms with Crippen molar-refractivity contribution in [3.63, 3.8) is 0 Å². The number of hydrogen-bond donors (Lipinski definition) is 2. The molecule has 4 heteroatoms. The van der Waals surface area contributed by atoms with Gasteiger partial charge in [0.05, 0.1) is 0 Å². The Morgan fingerprint density at radius 1 is 1.05 bits per heavy atom. The van der Waals surface area contributed by atoms with Gasteiger partial charge in [-0.3, -0.25) is 0 Å². The lowest BCUT2D eigenvalue weighted by atomic mass is 10.0. The first-order valence-corrected chi connectivity index (χ1v) is 6.96. The molecule has 0 spiro atoms. The third kappa shape index (κ3) is 3.07. The number of aromatic nitrogens is 2. The molecule has 2 aromatic rings. The van der Waals surface area contributed by atoms with Gasteiger partial charge in [-0.1, -0.05) is 39.8 Å². The Bertz CT molecular complexity index is 591. The molecule has 1 aromatic heterocycles. The van der Waals surface area contributed by atoms with Crippen LogP contribution in [0.4, 0.5) is 17.3 Å². The fourth-order valence-electron chi connectivity index (χ4n) is 2.19. The summed E-state index contributed by atoms with van der Waals surface area (Å²) in [6, 6.07) is 8.37. The summed E-state index contributed by atoms with van der Waals surface area (Å²) in [7, 11) is 0. The smallest absolute Gasteiger partial charge is 0.139 e. The van der Waals surface area contributed by atoms with Crippen LogP contribution in [0.5, 0.6) is 0 Å². The maximum Gasteiger partial charge on any atom is 0.139 e. The Hall–Kier alpha value is -2.10. The van der Waals surface area contributed by atoms with Gasteiger partial charge in [0.1, 0.15) is 18.0 Å². The Balaban J connectivity index is 2.35. The van der Waals surface area contributed by atoms with Crippen LogP contribution in [0.1, 0.15) is 50.7 Å². The third-order valence-corrected chi connectivity index (χ3v) is 3.31. The lowest BCUT2D eigenvalue weighted by Crippen LogP contribution is -2.06. The summed E-state index contributed by atoms with van der Waals surface area (Å²) in [5, 5.41) is 3.36. The molecule has 3 N–H and O–H groups in total. The molecule has 2 rings (SSSR count). The van der Waals surface area contributed by atoms with Crippen molar-refractivity contribution in [1.29, 1.82) is 0 Å². The van der Waals surface area contributed by atoms with Crippen LogP contribution in [0.25, 0.3) is 0 Å². The topological polar surface area (TPSA) is 63.8 Å². The molecule has 0 aliphatic carbocycles. The van der Waals surface area contributed by atoms with E-state index in [2.05, 4.69) is 61.2 Å². The van der Waals surface area contributed by atoms with E-state index in [1.165, 1.54) is 11.9 Å². The van der Waals surface area contributed by atoms with Crippen LogP contribution >= 0.6 is 0 Å². The SMILES string of the molecule is CC(C)c1cccc(Nc2ncnc(N)c2C(C)C)c1. The van der Waals surface area contributed by atoms with Gasteiger partial charge in [0, 0.05) is 11.3 Å². The first-order chi connectivity index (χ1) is 9.49. The van der Waals surface area contributed by atoms with Crippen LogP contribution in [-0.2, 0) is 0 Å². The van der Waals surface area contributed by atoms with E-state index in [0.717, 1.165) is 17.1 Å². The lowest BCUT2D eigenvalue weighted by molar-refractivity contribution is 0.854. The second-order valence-corrected chi connectivity index (χ2v) is 5.58. The van der Waals surface area contributed by atoms with Crippen molar-refractivity contribution in [2.75, 3.05) is 11.1 Å². The largest absolute Gasteiger partial charge is 0.383 e. The minimum atomic E-state index is 0.270. The molecule has 0 aliphatic rings. The zero-order valence-corrected chi connectivity index (χ0v) is 12.5. The second kappa shape index (κ2) is 5.90. The van der Waals surface area contributed by atoms with Crippen LogP contribution in [0.15, 0.2) is 30.6 Å². The zero-order valence-electron chi connectivity index (χ0n) is 12.5. The summed E-state index contributed by atoms with van der Waals surface area (Å²) >= 11 is 0. The summed E-state index contributed by atoms with van der Waals surface area (Å²) in [5.74, 6) is 2.09. The van der Waals surface area contributed by atoms with E-state index in [4.69, 9.17) is 5.73 Å². The summed E-state index contributed by atoms with van der Waals surface area (Å²) in [4.78, 5) is 8.40. The zero-order chi connectivity index (χ0) is 14.7. The van der Waals surface area contributed by atoms with Gasteiger partial charge in [-0.15, -0.1) is 0 Å². The molecule has 4 nitrogen and oxygen atoms in total. The molecule has 0 fully saturated rings. The van der Waals surface area contributed by atoms with Crippen molar-refractivity contribution in [3.8, 4) is 0 Å². The van der Waals surface area contributed by atoms with Crippen molar-refractivity contribution in [3.05, 3.63) is 41.7 Å². The van der Waals surface area contributed by atoms with Crippen LogP contribution in [-0.4, -0.2) is 9.97 Å². The molecule has 20 heavy (non-hydrogen) atoms. The van der Waals surface area contributed by atoms with E-state index >= 15 is 0 Å². The maximum atomic E-state index is 5.96. The van der Waals surface area contributed by atoms with Gasteiger partial charge in [0.2, 0.25) is 0 Å². The number of nitrogen functional groups attached to an aromatic ring is 1. The van der Waals surface area contributed by atoms with Gasteiger partial charge >= 0.3 is 0 Å². The monoisotopic (exact) mass is 270 g/mol. The molecule has 0 atom stereocenters. The first-order valence-electron chi connectivity index (χ1n) is 6.96. The van der Waals surface area contributed by atoms with Crippen LogP contribution in [0, 0.1) is 0 Å². The molecule has 1 aromatic carbocycles. The van der Waals surface area contributed by atoms with Gasteiger partial charge in [-0.05, 0) is 29.5 Å². The number of hydrogen-bond acceptors (Lipinski definition) is 4. The van der Waals surface area contributed by atoms with E-state index in [-0.39, 0.29) is 5.92 Å². The predicted octanol–water partition coefficient (Wildman–Crippen LogP) is 4.05. The maximum absolute atomic E-state index is 5.96. The molecule has 0 bridgehead atoms. The number of nitrogens with two attached hydrogens (primary N) is 1. The standard InChI is InChI=1S/C16H22N4/c1-10(2)12-6-5-7-13(8-12)20-16-14(11(3)4)15(17)18-9-19-16/h5-11H,1-4H3,(H3,17,18,19,20). The summed E-state index contributed by atoms with van der Waals surface area (Å²) in [5.41, 5.74) is 9.24. The summed E-state index contributed by atoms with van der Waals surface area (Å²) < 4.78 is 0. The van der Waals surface area contributed by atoms with Gasteiger partial charge in [0.15, 0.2) is 0 Å². The highest BCUT2D eigenvalue weighted by atomic mass is 15.0. The average molecular weight is 270 g/mol. The fraction of sp³-hybridized carbons (Fsp3) is 0.375.